The Hall–Kier alpha value is -0.0800. The van der Waals surface area contributed by atoms with Crippen molar-refractivity contribution < 1.29 is 0 Å². The van der Waals surface area contributed by atoms with E-state index in [0.717, 1.165) is 6.54 Å². The molecule has 2 nitrogen and oxygen atoms in total. The van der Waals surface area contributed by atoms with Crippen LogP contribution in [0, 0.1) is 0 Å². The fourth-order valence-electron chi connectivity index (χ4n) is 2.10. The van der Waals surface area contributed by atoms with Crippen molar-refractivity contribution >= 4 is 0 Å². The summed E-state index contributed by atoms with van der Waals surface area (Å²) in [7, 11) is 4.18. The highest BCUT2D eigenvalue weighted by Crippen LogP contribution is 2.10. The molecule has 0 aromatic carbocycles. The van der Waals surface area contributed by atoms with Gasteiger partial charge in [-0.3, -0.25) is 0 Å². The Labute approximate surface area is 103 Å². The maximum absolute atomic E-state index is 6.01. The minimum Gasteiger partial charge on any atom is -0.327 e. The van der Waals surface area contributed by atoms with Crippen LogP contribution < -0.4 is 5.73 Å². The lowest BCUT2D eigenvalue weighted by atomic mass is 10.0. The average Bonchev–Trinajstić information content (AvgIpc) is 2.21. The molecular weight excluding hydrogens is 196 g/mol. The predicted molar refractivity (Wildman–Crippen MR) is 73.8 cm³/mol. The first kappa shape index (κ1) is 15.9. The molecule has 16 heavy (non-hydrogen) atoms. The third-order valence-electron chi connectivity index (χ3n) is 3.03. The standard InChI is InChI=1S/C14H32N2/c1-4-5-6-7-8-9-10-11-12-14(15)13-16(2)3/h14H,4-13,15H2,1-3H3. The molecule has 1 atom stereocenters. The molecular formula is C14H32N2. The number of likely N-dealkylation sites (N-methyl/N-ethyl adjacent to an activating group) is 1. The summed E-state index contributed by atoms with van der Waals surface area (Å²) in [6.45, 7) is 3.29. The van der Waals surface area contributed by atoms with Crippen LogP contribution in [-0.2, 0) is 0 Å². The van der Waals surface area contributed by atoms with E-state index in [1.165, 1.54) is 57.8 Å². The molecule has 2 heteroatoms. The van der Waals surface area contributed by atoms with Crippen LogP contribution in [0.4, 0.5) is 0 Å². The van der Waals surface area contributed by atoms with Crippen molar-refractivity contribution in [1.82, 2.24) is 4.90 Å². The van der Waals surface area contributed by atoms with E-state index in [1.54, 1.807) is 0 Å². The van der Waals surface area contributed by atoms with Crippen LogP contribution in [0.15, 0.2) is 0 Å². The van der Waals surface area contributed by atoms with Crippen LogP contribution in [-0.4, -0.2) is 31.6 Å². The minimum absolute atomic E-state index is 0.370. The molecule has 1 unspecified atom stereocenters. The topological polar surface area (TPSA) is 29.3 Å². The maximum atomic E-state index is 6.01. The molecule has 0 spiro atoms. The van der Waals surface area contributed by atoms with Crippen molar-refractivity contribution in [2.45, 2.75) is 70.8 Å². The van der Waals surface area contributed by atoms with Gasteiger partial charge in [0.05, 0.1) is 0 Å². The number of rotatable bonds is 11. The molecule has 0 aromatic heterocycles. The summed E-state index contributed by atoms with van der Waals surface area (Å²) in [5.74, 6) is 0. The van der Waals surface area contributed by atoms with Crippen LogP contribution in [0.2, 0.25) is 0 Å². The first-order valence-corrected chi connectivity index (χ1v) is 7.07. The van der Waals surface area contributed by atoms with E-state index in [9.17, 15) is 0 Å². The Balaban J connectivity index is 3.08. The minimum atomic E-state index is 0.370. The van der Waals surface area contributed by atoms with Crippen LogP contribution in [0.1, 0.15) is 64.7 Å². The first-order chi connectivity index (χ1) is 7.66. The van der Waals surface area contributed by atoms with E-state index in [-0.39, 0.29) is 0 Å². The summed E-state index contributed by atoms with van der Waals surface area (Å²) in [6, 6.07) is 0.370. The predicted octanol–water partition coefficient (Wildman–Crippen LogP) is 3.41. The molecule has 98 valence electrons. The van der Waals surface area contributed by atoms with Crippen molar-refractivity contribution in [3.8, 4) is 0 Å². The van der Waals surface area contributed by atoms with E-state index in [4.69, 9.17) is 5.73 Å². The van der Waals surface area contributed by atoms with Gasteiger partial charge in [0.15, 0.2) is 0 Å². The third-order valence-corrected chi connectivity index (χ3v) is 3.03. The summed E-state index contributed by atoms with van der Waals surface area (Å²) < 4.78 is 0. The van der Waals surface area contributed by atoms with E-state index >= 15 is 0 Å². The molecule has 0 aromatic rings. The summed E-state index contributed by atoms with van der Waals surface area (Å²) in [5.41, 5.74) is 6.01. The quantitative estimate of drug-likeness (QED) is 0.549. The van der Waals surface area contributed by atoms with Crippen LogP contribution in [0.5, 0.6) is 0 Å². The number of nitrogens with two attached hydrogens (primary N) is 1. The molecule has 0 saturated heterocycles. The Morgan fingerprint density at radius 2 is 1.38 bits per heavy atom. The van der Waals surface area contributed by atoms with Gasteiger partial charge in [0.1, 0.15) is 0 Å². The van der Waals surface area contributed by atoms with Gasteiger partial charge in [-0.2, -0.15) is 0 Å². The normalized spacial score (nSPS) is 13.3. The molecule has 0 fully saturated rings. The zero-order chi connectivity index (χ0) is 12.2. The van der Waals surface area contributed by atoms with Crippen LogP contribution in [0.25, 0.3) is 0 Å². The molecule has 0 radical (unpaired) electrons. The fraction of sp³-hybridized carbons (Fsp3) is 1.00. The number of hydrogen-bond acceptors (Lipinski definition) is 2. The molecule has 0 bridgehead atoms. The van der Waals surface area contributed by atoms with E-state index in [0.29, 0.717) is 6.04 Å². The number of nitrogens with zero attached hydrogens (tertiary/aromatic N) is 1. The SMILES string of the molecule is CCCCCCCCCCC(N)CN(C)C. The molecule has 0 saturated carbocycles. The lowest BCUT2D eigenvalue weighted by Gasteiger charge is -2.16. The molecule has 0 aliphatic carbocycles. The van der Waals surface area contributed by atoms with Gasteiger partial charge in [0, 0.05) is 12.6 Å². The summed E-state index contributed by atoms with van der Waals surface area (Å²) >= 11 is 0. The Kier molecular flexibility index (Phi) is 11.3. The van der Waals surface area contributed by atoms with Gasteiger partial charge in [-0.1, -0.05) is 58.3 Å². The van der Waals surface area contributed by atoms with E-state index in [2.05, 4.69) is 25.9 Å². The first-order valence-electron chi connectivity index (χ1n) is 7.07. The molecule has 0 heterocycles. The van der Waals surface area contributed by atoms with Gasteiger partial charge in [-0.05, 0) is 20.5 Å². The Morgan fingerprint density at radius 1 is 0.875 bits per heavy atom. The average molecular weight is 228 g/mol. The second kappa shape index (κ2) is 11.4. The lowest BCUT2D eigenvalue weighted by Crippen LogP contribution is -2.32. The molecule has 0 amide bonds. The van der Waals surface area contributed by atoms with Gasteiger partial charge < -0.3 is 10.6 Å². The second-order valence-electron chi connectivity index (χ2n) is 5.29. The molecule has 0 aliphatic heterocycles. The van der Waals surface area contributed by atoms with Crippen molar-refractivity contribution in [2.24, 2.45) is 5.73 Å². The second-order valence-corrected chi connectivity index (χ2v) is 5.29. The Bertz CT molecular complexity index is 135. The van der Waals surface area contributed by atoms with E-state index in [1.807, 2.05) is 0 Å². The van der Waals surface area contributed by atoms with Gasteiger partial charge in [0.25, 0.3) is 0 Å². The fourth-order valence-corrected chi connectivity index (χ4v) is 2.10. The largest absolute Gasteiger partial charge is 0.327 e. The molecule has 0 rings (SSSR count). The highest BCUT2D eigenvalue weighted by molar-refractivity contribution is 4.64. The lowest BCUT2D eigenvalue weighted by molar-refractivity contribution is 0.357. The smallest absolute Gasteiger partial charge is 0.0167 e. The van der Waals surface area contributed by atoms with Crippen molar-refractivity contribution in [3.05, 3.63) is 0 Å². The summed E-state index contributed by atoms with van der Waals surface area (Å²) in [4.78, 5) is 2.18. The van der Waals surface area contributed by atoms with Crippen LogP contribution in [0.3, 0.4) is 0 Å². The Morgan fingerprint density at radius 3 is 1.88 bits per heavy atom. The summed E-state index contributed by atoms with van der Waals surface area (Å²) in [6.07, 6.45) is 12.3. The molecule has 2 N–H and O–H groups in total. The third kappa shape index (κ3) is 12.0. The maximum Gasteiger partial charge on any atom is 0.0167 e. The van der Waals surface area contributed by atoms with Gasteiger partial charge in [-0.25, -0.2) is 0 Å². The zero-order valence-corrected chi connectivity index (χ0v) is 11.7. The number of hydrogen-bond donors (Lipinski definition) is 1. The highest BCUT2D eigenvalue weighted by Gasteiger charge is 2.02. The zero-order valence-electron chi connectivity index (χ0n) is 11.7. The molecule has 0 aliphatic rings. The van der Waals surface area contributed by atoms with E-state index < -0.39 is 0 Å². The summed E-state index contributed by atoms with van der Waals surface area (Å²) in [5, 5.41) is 0. The van der Waals surface area contributed by atoms with Crippen molar-refractivity contribution in [2.75, 3.05) is 20.6 Å². The monoisotopic (exact) mass is 228 g/mol. The number of unbranched alkanes of at least 4 members (excludes halogenated alkanes) is 7. The van der Waals surface area contributed by atoms with Crippen molar-refractivity contribution in [3.63, 3.8) is 0 Å². The highest BCUT2D eigenvalue weighted by atomic mass is 15.1. The van der Waals surface area contributed by atoms with Gasteiger partial charge in [0.2, 0.25) is 0 Å². The van der Waals surface area contributed by atoms with Gasteiger partial charge >= 0.3 is 0 Å². The van der Waals surface area contributed by atoms with Crippen molar-refractivity contribution in [1.29, 1.82) is 0 Å². The van der Waals surface area contributed by atoms with Crippen LogP contribution >= 0.6 is 0 Å². The van der Waals surface area contributed by atoms with Gasteiger partial charge in [-0.15, -0.1) is 0 Å².